The van der Waals surface area contributed by atoms with Gasteiger partial charge in [-0.05, 0) is 48.7 Å². The molecule has 0 aliphatic heterocycles. The van der Waals surface area contributed by atoms with Crippen molar-refractivity contribution in [3.05, 3.63) is 29.8 Å². The maximum absolute atomic E-state index is 12.1. The van der Waals surface area contributed by atoms with Crippen LogP contribution in [0, 0.1) is 11.8 Å². The molecule has 1 fully saturated rings. The highest BCUT2D eigenvalue weighted by molar-refractivity contribution is 7.80. The number of nitrogens with one attached hydrogen (secondary N) is 3. The van der Waals surface area contributed by atoms with Crippen LogP contribution in [-0.4, -0.2) is 24.2 Å². The largest absolute Gasteiger partial charge is 0.497 e. The fourth-order valence-corrected chi connectivity index (χ4v) is 3.14. The first-order valence-corrected chi connectivity index (χ1v) is 8.43. The van der Waals surface area contributed by atoms with E-state index in [1.54, 1.807) is 31.4 Å². The molecule has 126 valence electrons. The second-order valence-electron chi connectivity index (χ2n) is 6.16. The zero-order chi connectivity index (χ0) is 16.8. The van der Waals surface area contributed by atoms with Crippen molar-refractivity contribution < 1.29 is 9.53 Å². The minimum Gasteiger partial charge on any atom is -0.497 e. The Morgan fingerprint density at radius 1 is 1.26 bits per heavy atom. The van der Waals surface area contributed by atoms with Gasteiger partial charge in [-0.3, -0.25) is 15.6 Å². The summed E-state index contributed by atoms with van der Waals surface area (Å²) in [6.45, 7) is 4.53. The summed E-state index contributed by atoms with van der Waals surface area (Å²) in [5, 5.41) is 3.76. The molecule has 1 aromatic rings. The third kappa shape index (κ3) is 4.82. The third-order valence-electron chi connectivity index (χ3n) is 4.64. The summed E-state index contributed by atoms with van der Waals surface area (Å²) in [6, 6.07) is 7.32. The van der Waals surface area contributed by atoms with Gasteiger partial charge in [0.1, 0.15) is 5.75 Å². The first-order valence-electron chi connectivity index (χ1n) is 8.02. The summed E-state index contributed by atoms with van der Waals surface area (Å²) in [6.07, 6.45) is 3.59. The van der Waals surface area contributed by atoms with Crippen molar-refractivity contribution in [3.63, 3.8) is 0 Å². The van der Waals surface area contributed by atoms with Crippen molar-refractivity contribution in [2.75, 3.05) is 7.11 Å². The molecule has 3 N–H and O–H groups in total. The molecule has 0 saturated heterocycles. The number of carbonyl (C=O) groups excluding carboxylic acids is 1. The van der Waals surface area contributed by atoms with Gasteiger partial charge in [-0.2, -0.15) is 0 Å². The van der Waals surface area contributed by atoms with Crippen LogP contribution in [0.15, 0.2) is 24.3 Å². The molecule has 2 rings (SSSR count). The minimum absolute atomic E-state index is 0.252. The zero-order valence-electron chi connectivity index (χ0n) is 13.9. The molecule has 23 heavy (non-hydrogen) atoms. The zero-order valence-corrected chi connectivity index (χ0v) is 14.7. The Kier molecular flexibility index (Phi) is 6.21. The van der Waals surface area contributed by atoms with E-state index in [0.29, 0.717) is 34.3 Å². The smallest absolute Gasteiger partial charge is 0.269 e. The molecule has 3 atom stereocenters. The highest BCUT2D eigenvalue weighted by Crippen LogP contribution is 2.29. The number of amides is 1. The van der Waals surface area contributed by atoms with E-state index in [0.717, 1.165) is 6.42 Å². The Balaban J connectivity index is 1.82. The fraction of sp³-hybridized carbons (Fsp3) is 0.529. The number of hydrazine groups is 1. The molecular formula is C17H25N3O2S. The number of ether oxygens (including phenoxy) is 1. The molecule has 0 radical (unpaired) electrons. The summed E-state index contributed by atoms with van der Waals surface area (Å²) < 4.78 is 5.11. The standard InChI is InChI=1S/C17H25N3O2S/c1-11-6-4-9-15(12(11)2)18-17(23)20-19-16(21)13-7-5-8-14(10-13)22-3/h5,7-8,10-12,15H,4,6,9H2,1-3H3,(H,19,21)(H2,18,20,23)/t11-,12+,15-/m0/s1. The van der Waals surface area contributed by atoms with Crippen LogP contribution in [0.4, 0.5) is 0 Å². The summed E-state index contributed by atoms with van der Waals surface area (Å²) in [5.74, 6) is 1.65. The number of carbonyl (C=O) groups is 1. The molecular weight excluding hydrogens is 310 g/mol. The van der Waals surface area contributed by atoms with Gasteiger partial charge in [0.15, 0.2) is 5.11 Å². The van der Waals surface area contributed by atoms with Crippen molar-refractivity contribution >= 4 is 23.2 Å². The second kappa shape index (κ2) is 8.15. The maximum Gasteiger partial charge on any atom is 0.269 e. The van der Waals surface area contributed by atoms with Gasteiger partial charge in [-0.1, -0.05) is 32.8 Å². The van der Waals surface area contributed by atoms with E-state index < -0.39 is 0 Å². The van der Waals surface area contributed by atoms with Gasteiger partial charge in [-0.25, -0.2) is 0 Å². The van der Waals surface area contributed by atoms with Crippen molar-refractivity contribution in [3.8, 4) is 5.75 Å². The van der Waals surface area contributed by atoms with Crippen molar-refractivity contribution in [2.45, 2.75) is 39.2 Å². The molecule has 1 aromatic carbocycles. The van der Waals surface area contributed by atoms with Gasteiger partial charge in [0, 0.05) is 11.6 Å². The summed E-state index contributed by atoms with van der Waals surface area (Å²) in [4.78, 5) is 12.1. The molecule has 0 bridgehead atoms. The van der Waals surface area contributed by atoms with Crippen LogP contribution >= 0.6 is 12.2 Å². The SMILES string of the molecule is COc1cccc(C(=O)NNC(=S)N[C@H]2CCC[C@H](C)[C@H]2C)c1. The molecule has 0 heterocycles. The first-order chi connectivity index (χ1) is 11.0. The lowest BCUT2D eigenvalue weighted by Gasteiger charge is -2.35. The van der Waals surface area contributed by atoms with Crippen LogP contribution in [0.3, 0.4) is 0 Å². The predicted molar refractivity (Wildman–Crippen MR) is 95.3 cm³/mol. The van der Waals surface area contributed by atoms with E-state index in [2.05, 4.69) is 30.0 Å². The number of rotatable bonds is 3. The van der Waals surface area contributed by atoms with Crippen molar-refractivity contribution in [2.24, 2.45) is 11.8 Å². The van der Waals surface area contributed by atoms with Gasteiger partial charge in [-0.15, -0.1) is 0 Å². The van der Waals surface area contributed by atoms with Crippen LogP contribution in [0.5, 0.6) is 5.75 Å². The molecule has 0 aromatic heterocycles. The fourth-order valence-electron chi connectivity index (χ4n) is 2.94. The Bertz CT molecular complexity index is 565. The van der Waals surface area contributed by atoms with Crippen LogP contribution in [-0.2, 0) is 0 Å². The normalized spacial score (nSPS) is 23.7. The quantitative estimate of drug-likeness (QED) is 0.585. The van der Waals surface area contributed by atoms with E-state index >= 15 is 0 Å². The average Bonchev–Trinajstić information content (AvgIpc) is 2.57. The number of thiocarbonyl (C=S) groups is 1. The maximum atomic E-state index is 12.1. The molecule has 1 amide bonds. The van der Waals surface area contributed by atoms with Crippen molar-refractivity contribution in [1.29, 1.82) is 0 Å². The van der Waals surface area contributed by atoms with Gasteiger partial charge < -0.3 is 10.1 Å². The Morgan fingerprint density at radius 2 is 2.04 bits per heavy atom. The van der Waals surface area contributed by atoms with Crippen LogP contribution in [0.2, 0.25) is 0 Å². The predicted octanol–water partition coefficient (Wildman–Crippen LogP) is 2.63. The number of hydrogen-bond donors (Lipinski definition) is 3. The summed E-state index contributed by atoms with van der Waals surface area (Å²) in [5.41, 5.74) is 5.91. The summed E-state index contributed by atoms with van der Waals surface area (Å²) in [7, 11) is 1.57. The lowest BCUT2D eigenvalue weighted by atomic mass is 9.78. The van der Waals surface area contributed by atoms with Crippen LogP contribution < -0.4 is 20.9 Å². The average molecular weight is 335 g/mol. The highest BCUT2D eigenvalue weighted by Gasteiger charge is 2.27. The Hall–Kier alpha value is -1.82. The van der Waals surface area contributed by atoms with Gasteiger partial charge >= 0.3 is 0 Å². The minimum atomic E-state index is -0.252. The molecule has 5 nitrogen and oxygen atoms in total. The topological polar surface area (TPSA) is 62.4 Å². The number of benzene rings is 1. The second-order valence-corrected chi connectivity index (χ2v) is 6.57. The Morgan fingerprint density at radius 3 is 2.78 bits per heavy atom. The van der Waals surface area contributed by atoms with Crippen LogP contribution in [0.25, 0.3) is 0 Å². The van der Waals surface area contributed by atoms with E-state index in [4.69, 9.17) is 17.0 Å². The Labute approximate surface area is 143 Å². The molecule has 1 saturated carbocycles. The number of methoxy groups -OCH3 is 1. The monoisotopic (exact) mass is 335 g/mol. The molecule has 1 aliphatic rings. The van der Waals surface area contributed by atoms with E-state index in [1.807, 2.05) is 0 Å². The third-order valence-corrected chi connectivity index (χ3v) is 4.86. The van der Waals surface area contributed by atoms with E-state index in [1.165, 1.54) is 12.8 Å². The highest BCUT2D eigenvalue weighted by atomic mass is 32.1. The molecule has 6 heteroatoms. The lowest BCUT2D eigenvalue weighted by molar-refractivity contribution is 0.0943. The summed E-state index contributed by atoms with van der Waals surface area (Å²) >= 11 is 5.28. The van der Waals surface area contributed by atoms with Crippen LogP contribution in [0.1, 0.15) is 43.5 Å². The lowest BCUT2D eigenvalue weighted by Crippen LogP contribution is -2.52. The van der Waals surface area contributed by atoms with E-state index in [-0.39, 0.29) is 5.91 Å². The molecule has 1 aliphatic carbocycles. The first kappa shape index (κ1) is 17.5. The number of hydrogen-bond acceptors (Lipinski definition) is 3. The molecule has 0 spiro atoms. The van der Waals surface area contributed by atoms with Gasteiger partial charge in [0.2, 0.25) is 0 Å². The van der Waals surface area contributed by atoms with E-state index in [9.17, 15) is 4.79 Å². The van der Waals surface area contributed by atoms with Gasteiger partial charge in [0.05, 0.1) is 7.11 Å². The molecule has 0 unspecified atom stereocenters. The van der Waals surface area contributed by atoms with Gasteiger partial charge in [0.25, 0.3) is 5.91 Å². The van der Waals surface area contributed by atoms with Crippen molar-refractivity contribution in [1.82, 2.24) is 16.2 Å².